The predicted molar refractivity (Wildman–Crippen MR) is 62.7 cm³/mol. The molecule has 1 atom stereocenters. The molecule has 0 bridgehead atoms. The molecule has 0 spiro atoms. The lowest BCUT2D eigenvalue weighted by atomic mass is 9.89. The van der Waals surface area contributed by atoms with Crippen LogP contribution in [0.1, 0.15) is 5.56 Å². The lowest BCUT2D eigenvalue weighted by Gasteiger charge is -2.28. The van der Waals surface area contributed by atoms with Gasteiger partial charge in [-0.15, -0.1) is 0 Å². The minimum absolute atomic E-state index is 0.224. The number of carbonyl (C=O) groups excluding carboxylic acids is 2. The van der Waals surface area contributed by atoms with E-state index < -0.39 is 23.7 Å². The van der Waals surface area contributed by atoms with E-state index in [2.05, 4.69) is 4.98 Å². The van der Waals surface area contributed by atoms with Gasteiger partial charge in [-0.3, -0.25) is 10.1 Å². The highest BCUT2D eigenvalue weighted by atomic mass is 19.4. The zero-order valence-corrected chi connectivity index (χ0v) is 9.84. The van der Waals surface area contributed by atoms with Gasteiger partial charge in [-0.1, -0.05) is 18.2 Å². The fraction of sp³-hybridized carbons (Fsp3) is 0.167. The van der Waals surface area contributed by atoms with E-state index in [1.807, 2.05) is 0 Å². The fourth-order valence-electron chi connectivity index (χ4n) is 2.38. The van der Waals surface area contributed by atoms with Crippen molar-refractivity contribution in [1.82, 2.24) is 15.6 Å². The first kappa shape index (κ1) is 12.5. The Morgan fingerprint density at radius 3 is 2.40 bits per heavy atom. The Bertz CT molecular complexity index is 722. The van der Waals surface area contributed by atoms with Crippen LogP contribution >= 0.6 is 0 Å². The summed E-state index contributed by atoms with van der Waals surface area (Å²) in [6.07, 6.45) is -3.88. The molecule has 1 aliphatic rings. The van der Waals surface area contributed by atoms with Crippen LogP contribution in [0.3, 0.4) is 0 Å². The van der Waals surface area contributed by atoms with Crippen molar-refractivity contribution < 1.29 is 22.8 Å². The van der Waals surface area contributed by atoms with Gasteiger partial charge in [-0.2, -0.15) is 13.2 Å². The summed E-state index contributed by atoms with van der Waals surface area (Å²) in [5.74, 6) is -1.43. The molecule has 0 radical (unpaired) electrons. The normalized spacial score (nSPS) is 22.9. The average Bonchev–Trinajstić information content (AvgIpc) is 2.90. The van der Waals surface area contributed by atoms with E-state index in [4.69, 9.17) is 0 Å². The second kappa shape index (κ2) is 3.75. The summed E-state index contributed by atoms with van der Waals surface area (Å²) in [6.45, 7) is 0. The third-order valence-electron chi connectivity index (χ3n) is 3.29. The predicted octanol–water partition coefficient (Wildman–Crippen LogP) is 1.76. The maximum absolute atomic E-state index is 13.4. The van der Waals surface area contributed by atoms with Gasteiger partial charge in [0.2, 0.25) is 5.54 Å². The molecule has 104 valence electrons. The molecule has 2 heterocycles. The van der Waals surface area contributed by atoms with E-state index in [0.29, 0.717) is 5.52 Å². The van der Waals surface area contributed by atoms with Crippen molar-refractivity contribution in [2.24, 2.45) is 0 Å². The summed E-state index contributed by atoms with van der Waals surface area (Å²) >= 11 is 0. The Balaban J connectivity index is 2.31. The number of H-pyrrole nitrogens is 1. The van der Waals surface area contributed by atoms with Crippen molar-refractivity contribution in [3.8, 4) is 0 Å². The van der Waals surface area contributed by atoms with Crippen molar-refractivity contribution in [2.45, 2.75) is 11.7 Å². The summed E-state index contributed by atoms with van der Waals surface area (Å²) in [6, 6.07) is 5.07. The van der Waals surface area contributed by atoms with Gasteiger partial charge in [0.1, 0.15) is 0 Å². The van der Waals surface area contributed by atoms with Gasteiger partial charge in [0, 0.05) is 22.7 Å². The van der Waals surface area contributed by atoms with Crippen molar-refractivity contribution in [2.75, 3.05) is 0 Å². The number of carbonyl (C=O) groups is 2. The second-order valence-corrected chi connectivity index (χ2v) is 4.40. The Morgan fingerprint density at radius 2 is 1.80 bits per heavy atom. The summed E-state index contributed by atoms with van der Waals surface area (Å²) < 4.78 is 40.3. The molecule has 0 saturated carbocycles. The van der Waals surface area contributed by atoms with Gasteiger partial charge in [0.15, 0.2) is 0 Å². The van der Waals surface area contributed by atoms with Gasteiger partial charge in [0.25, 0.3) is 5.91 Å². The highest BCUT2D eigenvalue weighted by molar-refractivity contribution is 6.10. The molecule has 1 aromatic heterocycles. The number of halogens is 3. The van der Waals surface area contributed by atoms with E-state index in [1.165, 1.54) is 6.07 Å². The van der Waals surface area contributed by atoms with E-state index in [0.717, 1.165) is 6.20 Å². The number of benzene rings is 1. The van der Waals surface area contributed by atoms with Crippen LogP contribution in [0.25, 0.3) is 10.9 Å². The van der Waals surface area contributed by atoms with Crippen molar-refractivity contribution in [1.29, 1.82) is 0 Å². The first-order valence-corrected chi connectivity index (χ1v) is 5.63. The summed E-state index contributed by atoms with van der Waals surface area (Å²) in [7, 11) is 0. The smallest absolute Gasteiger partial charge is 0.361 e. The number of aromatic nitrogens is 1. The molecule has 20 heavy (non-hydrogen) atoms. The summed E-state index contributed by atoms with van der Waals surface area (Å²) in [5.41, 5.74) is -2.95. The number of alkyl halides is 3. The SMILES string of the molecule is O=C1NC(=O)C(c2c[nH]c3ccccc23)(C(F)(F)F)N1. The molecule has 1 saturated heterocycles. The van der Waals surface area contributed by atoms with Crippen LogP contribution < -0.4 is 10.6 Å². The van der Waals surface area contributed by atoms with E-state index in [9.17, 15) is 22.8 Å². The van der Waals surface area contributed by atoms with E-state index in [-0.39, 0.29) is 10.9 Å². The van der Waals surface area contributed by atoms with Gasteiger partial charge in [0.05, 0.1) is 0 Å². The molecule has 0 aliphatic carbocycles. The van der Waals surface area contributed by atoms with Crippen molar-refractivity contribution in [3.05, 3.63) is 36.0 Å². The maximum atomic E-state index is 13.4. The topological polar surface area (TPSA) is 74.0 Å². The number of nitrogens with one attached hydrogen (secondary N) is 3. The second-order valence-electron chi connectivity index (χ2n) is 4.40. The molecule has 3 rings (SSSR count). The van der Waals surface area contributed by atoms with Crippen LogP contribution in [0, 0.1) is 0 Å². The molecular formula is C12H8F3N3O2. The van der Waals surface area contributed by atoms with Crippen LogP contribution in [0.4, 0.5) is 18.0 Å². The van der Waals surface area contributed by atoms with Gasteiger partial charge in [-0.05, 0) is 6.07 Å². The van der Waals surface area contributed by atoms with Gasteiger partial charge >= 0.3 is 12.2 Å². The Labute approximate surface area is 110 Å². The fourth-order valence-corrected chi connectivity index (χ4v) is 2.38. The third kappa shape index (κ3) is 1.44. The number of hydrogen-bond acceptors (Lipinski definition) is 2. The number of urea groups is 1. The number of amides is 3. The Kier molecular flexibility index (Phi) is 2.35. The van der Waals surface area contributed by atoms with Crippen LogP contribution in [0.2, 0.25) is 0 Å². The number of hydrogen-bond donors (Lipinski definition) is 3. The Hall–Kier alpha value is -2.51. The lowest BCUT2D eigenvalue weighted by Crippen LogP contribution is -2.55. The molecule has 8 heteroatoms. The van der Waals surface area contributed by atoms with Gasteiger partial charge in [-0.25, -0.2) is 4.79 Å². The molecule has 1 fully saturated rings. The first-order valence-electron chi connectivity index (χ1n) is 5.63. The van der Waals surface area contributed by atoms with Crippen LogP contribution in [0.5, 0.6) is 0 Å². The zero-order valence-electron chi connectivity index (χ0n) is 9.84. The minimum Gasteiger partial charge on any atom is -0.361 e. The van der Waals surface area contributed by atoms with E-state index in [1.54, 1.807) is 28.8 Å². The standard InChI is InChI=1S/C12H8F3N3O2/c13-12(14,15)11(9(19)17-10(20)18-11)7-5-16-8-4-2-1-3-6(7)8/h1-5,16H,(H2,17,18,19,20). The third-order valence-corrected chi connectivity index (χ3v) is 3.29. The van der Waals surface area contributed by atoms with Crippen molar-refractivity contribution >= 4 is 22.8 Å². The number of imide groups is 1. The first-order chi connectivity index (χ1) is 9.36. The molecule has 1 unspecified atom stereocenters. The van der Waals surface area contributed by atoms with Crippen LogP contribution in [-0.4, -0.2) is 23.1 Å². The molecular weight excluding hydrogens is 275 g/mol. The molecule has 2 aromatic rings. The minimum atomic E-state index is -4.96. The molecule has 1 aromatic carbocycles. The molecule has 3 N–H and O–H groups in total. The number of fused-ring (bicyclic) bond motifs is 1. The summed E-state index contributed by atoms with van der Waals surface area (Å²) in [4.78, 5) is 25.6. The number of aromatic amines is 1. The molecule has 5 nitrogen and oxygen atoms in total. The largest absolute Gasteiger partial charge is 0.425 e. The maximum Gasteiger partial charge on any atom is 0.425 e. The Morgan fingerprint density at radius 1 is 1.10 bits per heavy atom. The average molecular weight is 283 g/mol. The van der Waals surface area contributed by atoms with Gasteiger partial charge < -0.3 is 10.3 Å². The molecule has 1 aliphatic heterocycles. The zero-order chi connectivity index (χ0) is 14.5. The highest BCUT2D eigenvalue weighted by Gasteiger charge is 2.66. The monoisotopic (exact) mass is 283 g/mol. The highest BCUT2D eigenvalue weighted by Crippen LogP contribution is 2.43. The van der Waals surface area contributed by atoms with Crippen LogP contribution in [0.15, 0.2) is 30.5 Å². The van der Waals surface area contributed by atoms with Crippen molar-refractivity contribution in [3.63, 3.8) is 0 Å². The number of rotatable bonds is 1. The lowest BCUT2D eigenvalue weighted by molar-refractivity contribution is -0.195. The van der Waals surface area contributed by atoms with Crippen LogP contribution in [-0.2, 0) is 10.3 Å². The number of para-hydroxylation sites is 1. The quantitative estimate of drug-likeness (QED) is 0.698. The van der Waals surface area contributed by atoms with E-state index >= 15 is 0 Å². The molecule has 3 amide bonds. The summed E-state index contributed by atoms with van der Waals surface area (Å²) in [5, 5.41) is 3.58.